The van der Waals surface area contributed by atoms with Gasteiger partial charge in [0.05, 0.1) is 47.6 Å². The third-order valence-electron chi connectivity index (χ3n) is 4.22. The molecule has 1 aliphatic rings. The topological polar surface area (TPSA) is 95.5 Å². The molecular weight excluding hydrogens is 339 g/mol. The van der Waals surface area contributed by atoms with E-state index in [9.17, 15) is 18.3 Å². The highest BCUT2D eigenvalue weighted by atomic mass is 19.4. The Morgan fingerprint density at radius 2 is 2.28 bits per heavy atom. The molecule has 3 rings (SSSR count). The van der Waals surface area contributed by atoms with Gasteiger partial charge in [0.25, 0.3) is 0 Å². The summed E-state index contributed by atoms with van der Waals surface area (Å²) in [6, 6.07) is 2.74. The number of alkyl halides is 3. The van der Waals surface area contributed by atoms with E-state index >= 15 is 0 Å². The molecule has 3 atom stereocenters. The highest BCUT2D eigenvalue weighted by Gasteiger charge is 2.40. The van der Waals surface area contributed by atoms with E-state index in [4.69, 9.17) is 10.00 Å². The zero-order valence-electron chi connectivity index (χ0n) is 13.3. The highest BCUT2D eigenvalue weighted by molar-refractivity contribution is 5.57. The van der Waals surface area contributed by atoms with E-state index in [2.05, 4.69) is 15.4 Å². The largest absolute Gasteiger partial charge is 0.397 e. The molecule has 1 saturated heterocycles. The number of anilines is 1. The van der Waals surface area contributed by atoms with E-state index in [1.165, 1.54) is 12.3 Å². The molecule has 0 saturated carbocycles. The number of hydrogen-bond acceptors (Lipinski definition) is 6. The lowest BCUT2D eigenvalue weighted by molar-refractivity contribution is -0.147. The number of rotatable bonds is 3. The number of halogens is 3. The van der Waals surface area contributed by atoms with Gasteiger partial charge in [-0.2, -0.15) is 18.4 Å². The van der Waals surface area contributed by atoms with E-state index in [0.29, 0.717) is 18.5 Å². The zero-order valence-corrected chi connectivity index (χ0v) is 13.3. The molecule has 3 heterocycles. The number of nitrogens with one attached hydrogen (secondary N) is 1. The van der Waals surface area contributed by atoms with Gasteiger partial charge < -0.3 is 15.2 Å². The van der Waals surface area contributed by atoms with E-state index < -0.39 is 18.2 Å². The zero-order chi connectivity index (χ0) is 18.2. The highest BCUT2D eigenvalue weighted by Crippen LogP contribution is 2.36. The van der Waals surface area contributed by atoms with Crippen molar-refractivity contribution in [1.82, 2.24) is 14.6 Å². The van der Waals surface area contributed by atoms with E-state index in [1.807, 2.05) is 0 Å². The van der Waals surface area contributed by atoms with Crippen LogP contribution in [-0.2, 0) is 4.74 Å². The van der Waals surface area contributed by atoms with Crippen molar-refractivity contribution in [2.24, 2.45) is 0 Å². The van der Waals surface area contributed by atoms with Crippen molar-refractivity contribution < 1.29 is 23.0 Å². The number of aliphatic hydroxyl groups excluding tert-OH is 1. The van der Waals surface area contributed by atoms with Gasteiger partial charge in [-0.3, -0.25) is 0 Å². The summed E-state index contributed by atoms with van der Waals surface area (Å²) in [5.74, 6) is -1.78. The van der Waals surface area contributed by atoms with Crippen LogP contribution in [0.15, 0.2) is 12.3 Å². The van der Waals surface area contributed by atoms with Gasteiger partial charge in [-0.15, -0.1) is 5.10 Å². The fourth-order valence-electron chi connectivity index (χ4n) is 2.77. The maximum atomic E-state index is 13.2. The summed E-state index contributed by atoms with van der Waals surface area (Å²) >= 11 is 0. The van der Waals surface area contributed by atoms with E-state index in [1.54, 1.807) is 6.07 Å². The smallest absolute Gasteiger partial charge is 0.389 e. The second-order valence-corrected chi connectivity index (χ2v) is 5.92. The molecule has 2 aromatic rings. The van der Waals surface area contributed by atoms with Crippen molar-refractivity contribution in [3.05, 3.63) is 23.5 Å². The molecular formula is C15H16F3N5O2. The minimum absolute atomic E-state index is 0.0779. The lowest BCUT2D eigenvalue weighted by Crippen LogP contribution is -2.42. The normalized spacial score (nSPS) is 22.6. The van der Waals surface area contributed by atoms with Crippen LogP contribution >= 0.6 is 0 Å². The second-order valence-electron chi connectivity index (χ2n) is 5.92. The first-order valence-electron chi connectivity index (χ1n) is 7.69. The fourth-order valence-corrected chi connectivity index (χ4v) is 2.77. The molecule has 1 fully saturated rings. The summed E-state index contributed by atoms with van der Waals surface area (Å²) in [5.41, 5.74) is -0.0360. The first kappa shape index (κ1) is 17.4. The molecule has 0 aliphatic carbocycles. The van der Waals surface area contributed by atoms with Gasteiger partial charge in [-0.25, -0.2) is 9.50 Å². The van der Waals surface area contributed by atoms with Crippen molar-refractivity contribution in [2.45, 2.75) is 37.6 Å². The van der Waals surface area contributed by atoms with Crippen LogP contribution in [0.5, 0.6) is 0 Å². The summed E-state index contributed by atoms with van der Waals surface area (Å²) < 4.78 is 45.7. The SMILES string of the molecule is CC(c1c(C#N)cc2cnc(NC3CCOCC3O)nn12)C(F)(F)F. The number of nitrogens with zero attached hydrogens (tertiary/aromatic N) is 4. The molecule has 7 nitrogen and oxygen atoms in total. The van der Waals surface area contributed by atoms with Crippen LogP contribution in [0.1, 0.15) is 30.5 Å². The predicted molar refractivity (Wildman–Crippen MR) is 81.0 cm³/mol. The summed E-state index contributed by atoms with van der Waals surface area (Å²) in [6.07, 6.45) is -3.41. The summed E-state index contributed by atoms with van der Waals surface area (Å²) in [7, 11) is 0. The first-order valence-corrected chi connectivity index (χ1v) is 7.69. The predicted octanol–water partition coefficient (Wildman–Crippen LogP) is 1.83. The Bertz CT molecular complexity index is 814. The third kappa shape index (κ3) is 3.38. The van der Waals surface area contributed by atoms with Crippen molar-refractivity contribution in [1.29, 1.82) is 5.26 Å². The van der Waals surface area contributed by atoms with Gasteiger partial charge in [-0.1, -0.05) is 0 Å². The van der Waals surface area contributed by atoms with Crippen LogP contribution in [0.25, 0.3) is 5.52 Å². The minimum atomic E-state index is -4.50. The van der Waals surface area contributed by atoms with Gasteiger partial charge >= 0.3 is 6.18 Å². The minimum Gasteiger partial charge on any atom is -0.389 e. The van der Waals surface area contributed by atoms with Gasteiger partial charge in [0, 0.05) is 6.61 Å². The third-order valence-corrected chi connectivity index (χ3v) is 4.22. The van der Waals surface area contributed by atoms with E-state index in [0.717, 1.165) is 11.4 Å². The number of nitriles is 1. The maximum absolute atomic E-state index is 13.2. The van der Waals surface area contributed by atoms with Crippen molar-refractivity contribution in [3.63, 3.8) is 0 Å². The first-order chi connectivity index (χ1) is 11.8. The summed E-state index contributed by atoms with van der Waals surface area (Å²) in [5, 5.41) is 26.1. The maximum Gasteiger partial charge on any atom is 0.397 e. The number of fused-ring (bicyclic) bond motifs is 1. The van der Waals surface area contributed by atoms with Crippen LogP contribution in [0, 0.1) is 11.3 Å². The molecule has 1 aliphatic heterocycles. The van der Waals surface area contributed by atoms with Crippen LogP contribution in [0.2, 0.25) is 0 Å². The van der Waals surface area contributed by atoms with E-state index in [-0.39, 0.29) is 29.9 Å². The lowest BCUT2D eigenvalue weighted by Gasteiger charge is -2.28. The molecule has 10 heteroatoms. The standard InChI is InChI=1S/C15H16F3N5O2/c1-8(15(16,17)18)13-9(5-19)4-10-6-20-14(22-23(10)13)21-11-2-3-25-7-12(11)24/h4,6,8,11-12,24H,2-3,7H2,1H3,(H,21,22). The number of aliphatic hydroxyl groups is 1. The van der Waals surface area contributed by atoms with Crippen molar-refractivity contribution in [3.8, 4) is 6.07 Å². The Morgan fingerprint density at radius 3 is 2.92 bits per heavy atom. The molecule has 0 bridgehead atoms. The Labute approximate surface area is 141 Å². The Balaban J connectivity index is 2.00. The van der Waals surface area contributed by atoms with Crippen molar-refractivity contribution >= 4 is 11.5 Å². The summed E-state index contributed by atoms with van der Waals surface area (Å²) in [4.78, 5) is 4.06. The van der Waals surface area contributed by atoms with Crippen LogP contribution in [0.4, 0.5) is 19.1 Å². The molecule has 0 amide bonds. The molecule has 134 valence electrons. The quantitative estimate of drug-likeness (QED) is 0.872. The second kappa shape index (κ2) is 6.50. The van der Waals surface area contributed by atoms with Crippen molar-refractivity contribution in [2.75, 3.05) is 18.5 Å². The number of hydrogen-bond donors (Lipinski definition) is 2. The average molecular weight is 355 g/mol. The number of aromatic nitrogens is 3. The Hall–Kier alpha value is -2.38. The molecule has 0 aromatic carbocycles. The molecule has 2 N–H and O–H groups in total. The van der Waals surface area contributed by atoms with Gasteiger partial charge in [0.15, 0.2) is 0 Å². The Morgan fingerprint density at radius 1 is 1.52 bits per heavy atom. The van der Waals surface area contributed by atoms with Crippen LogP contribution < -0.4 is 5.32 Å². The van der Waals surface area contributed by atoms with Crippen LogP contribution in [-0.4, -0.2) is 51.2 Å². The molecule has 0 radical (unpaired) electrons. The molecule has 2 aromatic heterocycles. The Kier molecular flexibility index (Phi) is 4.53. The van der Waals surface area contributed by atoms with Gasteiger partial charge in [0.1, 0.15) is 6.07 Å². The van der Waals surface area contributed by atoms with Gasteiger partial charge in [-0.05, 0) is 19.4 Å². The number of ether oxygens (including phenoxy) is 1. The summed E-state index contributed by atoms with van der Waals surface area (Å²) in [6.45, 7) is 1.61. The molecule has 0 spiro atoms. The monoisotopic (exact) mass is 355 g/mol. The molecule has 3 unspecified atom stereocenters. The van der Waals surface area contributed by atoms with Gasteiger partial charge in [0.2, 0.25) is 5.95 Å². The fraction of sp³-hybridized carbons (Fsp3) is 0.533. The molecule has 25 heavy (non-hydrogen) atoms. The van der Waals surface area contributed by atoms with Crippen LogP contribution in [0.3, 0.4) is 0 Å². The average Bonchev–Trinajstić information content (AvgIpc) is 2.93. The lowest BCUT2D eigenvalue weighted by atomic mass is 10.0.